The van der Waals surface area contributed by atoms with Crippen LogP contribution in [0.25, 0.3) is 11.5 Å². The molecule has 1 N–H and O–H groups in total. The first-order valence-electron chi connectivity index (χ1n) is 6.33. The topological polar surface area (TPSA) is 89.9 Å². The Kier molecular flexibility index (Phi) is 3.94. The number of hydrogen-bond acceptors (Lipinski definition) is 6. The molecule has 0 aliphatic carbocycles. The number of rotatable bonds is 5. The third-order valence-electron chi connectivity index (χ3n) is 2.82. The molecule has 0 fully saturated rings. The smallest absolute Gasteiger partial charge is 0.257 e. The van der Waals surface area contributed by atoms with Crippen LogP contribution in [0.4, 0.5) is 0 Å². The number of aliphatic hydroxyl groups is 1. The van der Waals surface area contributed by atoms with Crippen LogP contribution in [-0.4, -0.2) is 36.8 Å². The Morgan fingerprint density at radius 2 is 2.05 bits per heavy atom. The van der Waals surface area contributed by atoms with Crippen LogP contribution < -0.4 is 0 Å². The molecule has 0 spiro atoms. The summed E-state index contributed by atoms with van der Waals surface area (Å²) in [6, 6.07) is 7.15. The molecule has 0 saturated carbocycles. The quantitative estimate of drug-likeness (QED) is 0.769. The summed E-state index contributed by atoms with van der Waals surface area (Å²) >= 11 is 5.84. The molecule has 0 aliphatic rings. The van der Waals surface area contributed by atoms with Gasteiger partial charge in [0.05, 0.1) is 5.69 Å². The highest BCUT2D eigenvalue weighted by Gasteiger charge is 2.10. The molecule has 7 nitrogen and oxygen atoms in total. The lowest BCUT2D eigenvalue weighted by atomic mass is 10.2. The first-order chi connectivity index (χ1) is 10.2. The van der Waals surface area contributed by atoms with Crippen LogP contribution in [0, 0.1) is 0 Å². The Morgan fingerprint density at radius 3 is 2.81 bits per heavy atom. The van der Waals surface area contributed by atoms with Crippen LogP contribution in [0.1, 0.15) is 11.5 Å². The van der Waals surface area contributed by atoms with Crippen LogP contribution in [0.5, 0.6) is 0 Å². The second-order valence-electron chi connectivity index (χ2n) is 4.40. The monoisotopic (exact) mass is 305 g/mol. The number of aliphatic hydroxyl groups excluding tert-OH is 1. The van der Waals surface area contributed by atoms with Crippen molar-refractivity contribution in [3.63, 3.8) is 0 Å². The Labute approximate surface area is 125 Å². The van der Waals surface area contributed by atoms with Crippen molar-refractivity contribution in [1.29, 1.82) is 0 Å². The van der Waals surface area contributed by atoms with E-state index in [1.54, 1.807) is 23.0 Å². The van der Waals surface area contributed by atoms with E-state index in [1.165, 1.54) is 0 Å². The van der Waals surface area contributed by atoms with Gasteiger partial charge in [0.15, 0.2) is 5.82 Å². The fourth-order valence-electron chi connectivity index (χ4n) is 1.82. The van der Waals surface area contributed by atoms with Crippen LogP contribution >= 0.6 is 11.6 Å². The van der Waals surface area contributed by atoms with Gasteiger partial charge in [-0.15, -0.1) is 5.10 Å². The lowest BCUT2D eigenvalue weighted by molar-refractivity contribution is 0.298. The summed E-state index contributed by atoms with van der Waals surface area (Å²) in [5, 5.41) is 21.3. The van der Waals surface area contributed by atoms with Crippen LogP contribution in [0.3, 0.4) is 0 Å². The van der Waals surface area contributed by atoms with Crippen LogP contribution in [0.15, 0.2) is 35.0 Å². The highest BCUT2D eigenvalue weighted by atomic mass is 35.5. The summed E-state index contributed by atoms with van der Waals surface area (Å²) in [6.45, 7) is 0.400. The van der Waals surface area contributed by atoms with E-state index in [4.69, 9.17) is 21.2 Å². The van der Waals surface area contributed by atoms with Crippen molar-refractivity contribution in [1.82, 2.24) is 25.1 Å². The molecule has 0 radical (unpaired) electrons. The minimum Gasteiger partial charge on any atom is -0.396 e. The molecule has 0 saturated heterocycles. The molecule has 1 aromatic carbocycles. The van der Waals surface area contributed by atoms with E-state index in [9.17, 15) is 0 Å². The fourth-order valence-corrected chi connectivity index (χ4v) is 1.94. The van der Waals surface area contributed by atoms with Crippen molar-refractivity contribution in [3.05, 3.63) is 47.0 Å². The van der Waals surface area contributed by atoms with Gasteiger partial charge >= 0.3 is 0 Å². The summed E-state index contributed by atoms with van der Waals surface area (Å²) in [7, 11) is 0. The zero-order valence-electron chi connectivity index (χ0n) is 11.0. The van der Waals surface area contributed by atoms with Crippen molar-refractivity contribution < 1.29 is 9.63 Å². The third-order valence-corrected chi connectivity index (χ3v) is 3.07. The van der Waals surface area contributed by atoms with Gasteiger partial charge in [0.2, 0.25) is 0 Å². The zero-order chi connectivity index (χ0) is 14.7. The first-order valence-corrected chi connectivity index (χ1v) is 6.71. The highest BCUT2D eigenvalue weighted by molar-refractivity contribution is 6.30. The van der Waals surface area contributed by atoms with Gasteiger partial charge in [-0.2, -0.15) is 4.98 Å². The second-order valence-corrected chi connectivity index (χ2v) is 4.84. The van der Waals surface area contributed by atoms with Gasteiger partial charge in [-0.05, 0) is 24.3 Å². The van der Waals surface area contributed by atoms with E-state index in [-0.39, 0.29) is 6.61 Å². The predicted octanol–water partition coefficient (Wildman–Crippen LogP) is 1.56. The molecule has 2 heterocycles. The number of benzene rings is 1. The molecule has 0 aliphatic heterocycles. The van der Waals surface area contributed by atoms with E-state index in [0.29, 0.717) is 29.7 Å². The molecule has 3 aromatic rings. The van der Waals surface area contributed by atoms with Crippen molar-refractivity contribution in [2.75, 3.05) is 6.61 Å². The zero-order valence-corrected chi connectivity index (χ0v) is 11.7. The van der Waals surface area contributed by atoms with Gasteiger partial charge in [-0.1, -0.05) is 22.0 Å². The first kappa shape index (κ1) is 13.7. The number of hydrogen-bond donors (Lipinski definition) is 1. The van der Waals surface area contributed by atoms with E-state index in [2.05, 4.69) is 20.5 Å². The summed E-state index contributed by atoms with van der Waals surface area (Å²) in [4.78, 5) is 4.30. The fraction of sp³-hybridized carbons (Fsp3) is 0.231. The molecule has 21 heavy (non-hydrogen) atoms. The van der Waals surface area contributed by atoms with Crippen LogP contribution in [0.2, 0.25) is 5.02 Å². The Balaban J connectivity index is 1.73. The van der Waals surface area contributed by atoms with Gasteiger partial charge in [0.25, 0.3) is 5.89 Å². The lowest BCUT2D eigenvalue weighted by Gasteiger charge is -1.94. The van der Waals surface area contributed by atoms with Gasteiger partial charge in [-0.25, -0.2) is 4.68 Å². The average Bonchev–Trinajstić information content (AvgIpc) is 3.11. The van der Waals surface area contributed by atoms with Gasteiger partial charge in [-0.3, -0.25) is 0 Å². The molecule has 0 atom stereocenters. The molecule has 0 unspecified atom stereocenters. The minimum atomic E-state index is 0.0433. The SMILES string of the molecule is OCCc1cn(Cc2noc(-c3ccc(Cl)cc3)n2)nn1. The van der Waals surface area contributed by atoms with Gasteiger partial charge < -0.3 is 9.63 Å². The third kappa shape index (κ3) is 3.26. The highest BCUT2D eigenvalue weighted by Crippen LogP contribution is 2.19. The predicted molar refractivity (Wildman–Crippen MR) is 74.7 cm³/mol. The standard InChI is InChI=1S/C13H12ClN5O2/c14-10-3-1-9(2-4-10)13-15-12(17-21-13)8-19-7-11(5-6-20)16-18-19/h1-4,7,20H,5-6,8H2. The summed E-state index contributed by atoms with van der Waals surface area (Å²) in [5.74, 6) is 0.928. The summed E-state index contributed by atoms with van der Waals surface area (Å²) in [5.41, 5.74) is 1.52. The number of aromatic nitrogens is 5. The molecule has 0 bridgehead atoms. The molecule has 3 rings (SSSR count). The molecule has 2 aromatic heterocycles. The van der Waals surface area contributed by atoms with E-state index < -0.39 is 0 Å². The largest absolute Gasteiger partial charge is 0.396 e. The maximum Gasteiger partial charge on any atom is 0.257 e. The Bertz CT molecular complexity index is 722. The maximum absolute atomic E-state index is 8.84. The summed E-state index contributed by atoms with van der Waals surface area (Å²) in [6.07, 6.45) is 2.22. The lowest BCUT2D eigenvalue weighted by Crippen LogP contribution is -2.02. The molecule has 108 valence electrons. The molecule has 0 amide bonds. The van der Waals surface area contributed by atoms with E-state index >= 15 is 0 Å². The van der Waals surface area contributed by atoms with E-state index in [0.717, 1.165) is 11.3 Å². The molecule has 8 heteroatoms. The second kappa shape index (κ2) is 6.02. The van der Waals surface area contributed by atoms with Gasteiger partial charge in [0, 0.05) is 29.8 Å². The molecular weight excluding hydrogens is 294 g/mol. The number of halogens is 1. The van der Waals surface area contributed by atoms with Crippen molar-refractivity contribution in [2.45, 2.75) is 13.0 Å². The maximum atomic E-state index is 8.84. The van der Waals surface area contributed by atoms with Gasteiger partial charge in [0.1, 0.15) is 6.54 Å². The normalized spacial score (nSPS) is 11.0. The minimum absolute atomic E-state index is 0.0433. The summed E-state index contributed by atoms with van der Waals surface area (Å²) < 4.78 is 6.81. The van der Waals surface area contributed by atoms with Crippen molar-refractivity contribution >= 4 is 11.6 Å². The Morgan fingerprint density at radius 1 is 1.24 bits per heavy atom. The van der Waals surface area contributed by atoms with Crippen molar-refractivity contribution in [2.24, 2.45) is 0 Å². The molecular formula is C13H12ClN5O2. The Hall–Kier alpha value is -2.25. The average molecular weight is 306 g/mol. The van der Waals surface area contributed by atoms with Crippen molar-refractivity contribution in [3.8, 4) is 11.5 Å². The van der Waals surface area contributed by atoms with E-state index in [1.807, 2.05) is 12.1 Å². The van der Waals surface area contributed by atoms with Crippen LogP contribution in [-0.2, 0) is 13.0 Å². The number of nitrogens with zero attached hydrogens (tertiary/aromatic N) is 5.